The van der Waals surface area contributed by atoms with Crippen LogP contribution in [0.25, 0.3) is 11.3 Å². The molecule has 168 valence electrons. The van der Waals surface area contributed by atoms with E-state index in [4.69, 9.17) is 9.84 Å². The largest absolute Gasteiger partial charge is 0.379 e. The Morgan fingerprint density at radius 2 is 1.69 bits per heavy atom. The lowest BCUT2D eigenvalue weighted by molar-refractivity contribution is 0.00673. The quantitative estimate of drug-likeness (QED) is 0.590. The van der Waals surface area contributed by atoms with Gasteiger partial charge >= 0.3 is 0 Å². The normalized spacial score (nSPS) is 15.6. The lowest BCUT2D eigenvalue weighted by Gasteiger charge is -2.36. The Morgan fingerprint density at radius 1 is 1.03 bits per heavy atom. The monoisotopic (exact) mass is 432 g/mol. The fourth-order valence-corrected chi connectivity index (χ4v) is 4.24. The molecule has 3 aromatic rings. The molecule has 2 heterocycles. The average molecular weight is 433 g/mol. The highest BCUT2D eigenvalue weighted by Crippen LogP contribution is 2.23. The molecule has 1 fully saturated rings. The number of amides is 1. The number of carbonyl (C=O) groups is 1. The third-order valence-electron chi connectivity index (χ3n) is 6.00. The molecule has 1 N–H and O–H groups in total. The van der Waals surface area contributed by atoms with E-state index in [9.17, 15) is 4.79 Å². The molecular formula is C26H32N4O2. The zero-order valence-electron chi connectivity index (χ0n) is 18.9. The molecule has 0 bridgehead atoms. The van der Waals surface area contributed by atoms with Crippen LogP contribution in [0.1, 0.15) is 29.8 Å². The number of hydrogen-bond donors (Lipinski definition) is 1. The van der Waals surface area contributed by atoms with E-state index in [1.165, 1.54) is 0 Å². The van der Waals surface area contributed by atoms with Crippen molar-refractivity contribution in [1.29, 1.82) is 0 Å². The number of carbonyl (C=O) groups excluding carboxylic acids is 1. The predicted octanol–water partition coefficient (Wildman–Crippen LogP) is 3.69. The summed E-state index contributed by atoms with van der Waals surface area (Å²) < 4.78 is 7.36. The van der Waals surface area contributed by atoms with Gasteiger partial charge in [0.15, 0.2) is 0 Å². The van der Waals surface area contributed by atoms with Gasteiger partial charge < -0.3 is 10.1 Å². The van der Waals surface area contributed by atoms with Crippen LogP contribution < -0.4 is 5.32 Å². The fourth-order valence-electron chi connectivity index (χ4n) is 4.24. The first-order chi connectivity index (χ1) is 15.6. The summed E-state index contributed by atoms with van der Waals surface area (Å²) in [6.45, 7) is 8.96. The molecule has 1 atom stereocenters. The van der Waals surface area contributed by atoms with Gasteiger partial charge in [-0.2, -0.15) is 5.10 Å². The van der Waals surface area contributed by atoms with Gasteiger partial charge in [-0.25, -0.2) is 0 Å². The molecule has 1 aromatic heterocycles. The van der Waals surface area contributed by atoms with Crippen LogP contribution in [0.2, 0.25) is 0 Å². The third-order valence-corrected chi connectivity index (χ3v) is 6.00. The van der Waals surface area contributed by atoms with Gasteiger partial charge in [-0.3, -0.25) is 14.4 Å². The minimum absolute atomic E-state index is 0.0814. The molecule has 6 nitrogen and oxygen atoms in total. The number of rotatable bonds is 8. The number of ether oxygens (including phenoxy) is 1. The topological polar surface area (TPSA) is 59.4 Å². The van der Waals surface area contributed by atoms with Crippen LogP contribution in [0.3, 0.4) is 0 Å². The third kappa shape index (κ3) is 5.44. The minimum Gasteiger partial charge on any atom is -0.379 e. The van der Waals surface area contributed by atoms with E-state index in [0.717, 1.165) is 37.4 Å². The van der Waals surface area contributed by atoms with E-state index in [2.05, 4.69) is 36.2 Å². The van der Waals surface area contributed by atoms with Gasteiger partial charge in [0.05, 0.1) is 25.3 Å². The fraction of sp³-hybridized carbons (Fsp3) is 0.385. The second-order valence-corrected chi connectivity index (χ2v) is 8.61. The van der Waals surface area contributed by atoms with Crippen molar-refractivity contribution in [3.63, 3.8) is 0 Å². The molecule has 0 aliphatic carbocycles. The summed E-state index contributed by atoms with van der Waals surface area (Å²) >= 11 is 0. The van der Waals surface area contributed by atoms with Gasteiger partial charge in [-0.15, -0.1) is 0 Å². The summed E-state index contributed by atoms with van der Waals surface area (Å²) in [6, 6.07) is 20.4. The van der Waals surface area contributed by atoms with Crippen LogP contribution in [0.5, 0.6) is 0 Å². The SMILES string of the molecule is CC(C)[C@H](CNC(=O)c1cn(Cc2ccccc2)nc1-c1ccccc1)N1CCOCC1. The van der Waals surface area contributed by atoms with Gasteiger partial charge in [-0.05, 0) is 11.5 Å². The van der Waals surface area contributed by atoms with E-state index < -0.39 is 0 Å². The Bertz CT molecular complexity index is 995. The Morgan fingerprint density at radius 3 is 2.34 bits per heavy atom. The first kappa shape index (κ1) is 22.2. The van der Waals surface area contributed by atoms with Crippen LogP contribution in [0.15, 0.2) is 66.9 Å². The Balaban J connectivity index is 1.54. The Labute approximate surface area is 190 Å². The smallest absolute Gasteiger partial charge is 0.255 e. The molecule has 0 radical (unpaired) electrons. The van der Waals surface area contributed by atoms with Crippen LogP contribution in [0, 0.1) is 5.92 Å². The predicted molar refractivity (Wildman–Crippen MR) is 127 cm³/mol. The van der Waals surface area contributed by atoms with Crippen LogP contribution in [-0.4, -0.2) is 59.5 Å². The van der Waals surface area contributed by atoms with Crippen LogP contribution >= 0.6 is 0 Å². The van der Waals surface area contributed by atoms with E-state index in [-0.39, 0.29) is 11.9 Å². The second-order valence-electron chi connectivity index (χ2n) is 8.61. The molecule has 1 saturated heterocycles. The van der Waals surface area contributed by atoms with Crippen molar-refractivity contribution in [2.45, 2.75) is 26.4 Å². The first-order valence-corrected chi connectivity index (χ1v) is 11.4. The van der Waals surface area contributed by atoms with Crippen LogP contribution in [0.4, 0.5) is 0 Å². The van der Waals surface area contributed by atoms with Gasteiger partial charge in [0, 0.05) is 37.4 Å². The number of benzene rings is 2. The summed E-state index contributed by atoms with van der Waals surface area (Å²) in [6.07, 6.45) is 1.86. The molecule has 2 aromatic carbocycles. The van der Waals surface area contributed by atoms with Crippen molar-refractivity contribution in [3.05, 3.63) is 78.0 Å². The van der Waals surface area contributed by atoms with Crippen molar-refractivity contribution < 1.29 is 9.53 Å². The summed E-state index contributed by atoms with van der Waals surface area (Å²) in [5.41, 5.74) is 3.41. The number of aromatic nitrogens is 2. The number of hydrogen-bond acceptors (Lipinski definition) is 4. The van der Waals surface area contributed by atoms with Crippen LogP contribution in [-0.2, 0) is 11.3 Å². The Hall–Kier alpha value is -2.96. The average Bonchev–Trinajstić information content (AvgIpc) is 3.25. The Kier molecular flexibility index (Phi) is 7.35. The lowest BCUT2D eigenvalue weighted by Crippen LogP contribution is -2.51. The molecule has 0 unspecified atom stereocenters. The van der Waals surface area contributed by atoms with Gasteiger partial charge in [0.1, 0.15) is 5.69 Å². The molecule has 6 heteroatoms. The molecular weight excluding hydrogens is 400 g/mol. The highest BCUT2D eigenvalue weighted by atomic mass is 16.5. The minimum atomic E-state index is -0.0814. The summed E-state index contributed by atoms with van der Waals surface area (Å²) in [4.78, 5) is 15.7. The first-order valence-electron chi connectivity index (χ1n) is 11.4. The molecule has 0 saturated carbocycles. The molecule has 4 rings (SSSR count). The second kappa shape index (κ2) is 10.6. The zero-order chi connectivity index (χ0) is 22.3. The van der Waals surface area contributed by atoms with E-state index >= 15 is 0 Å². The standard InChI is InChI=1S/C26H32N4O2/c1-20(2)24(29-13-15-32-16-14-29)17-27-26(31)23-19-30(18-21-9-5-3-6-10-21)28-25(23)22-11-7-4-8-12-22/h3-12,19-20,24H,13-18H2,1-2H3,(H,27,31)/t24-/m0/s1. The maximum atomic E-state index is 13.3. The van der Waals surface area contributed by atoms with Gasteiger partial charge in [-0.1, -0.05) is 74.5 Å². The lowest BCUT2D eigenvalue weighted by atomic mass is 10.0. The summed E-state index contributed by atoms with van der Waals surface area (Å²) in [5.74, 6) is 0.352. The molecule has 0 spiro atoms. The highest BCUT2D eigenvalue weighted by molar-refractivity contribution is 5.99. The number of nitrogens with one attached hydrogen (secondary N) is 1. The molecule has 32 heavy (non-hydrogen) atoms. The molecule has 1 aliphatic heterocycles. The highest BCUT2D eigenvalue weighted by Gasteiger charge is 2.25. The van der Waals surface area contributed by atoms with E-state index in [1.807, 2.05) is 59.4 Å². The van der Waals surface area contributed by atoms with Gasteiger partial charge in [0.2, 0.25) is 0 Å². The van der Waals surface area contributed by atoms with E-state index in [1.54, 1.807) is 0 Å². The zero-order valence-corrected chi connectivity index (χ0v) is 18.9. The molecule has 1 amide bonds. The van der Waals surface area contributed by atoms with E-state index in [0.29, 0.717) is 30.3 Å². The molecule has 1 aliphatic rings. The van der Waals surface area contributed by atoms with Crippen molar-refractivity contribution >= 4 is 5.91 Å². The number of morpholine rings is 1. The van der Waals surface area contributed by atoms with Gasteiger partial charge in [0.25, 0.3) is 5.91 Å². The van der Waals surface area contributed by atoms with Crippen molar-refractivity contribution in [1.82, 2.24) is 20.0 Å². The van der Waals surface area contributed by atoms with Crippen molar-refractivity contribution in [2.24, 2.45) is 5.92 Å². The number of nitrogens with zero attached hydrogens (tertiary/aromatic N) is 3. The summed E-state index contributed by atoms with van der Waals surface area (Å²) in [5, 5.41) is 7.97. The summed E-state index contributed by atoms with van der Waals surface area (Å²) in [7, 11) is 0. The van der Waals surface area contributed by atoms with Crippen molar-refractivity contribution in [3.8, 4) is 11.3 Å². The maximum Gasteiger partial charge on any atom is 0.255 e. The maximum absolute atomic E-state index is 13.3. The van der Waals surface area contributed by atoms with Crippen molar-refractivity contribution in [2.75, 3.05) is 32.8 Å².